The third-order valence-corrected chi connectivity index (χ3v) is 3.89. The van der Waals surface area contributed by atoms with E-state index in [9.17, 15) is 0 Å². The van der Waals surface area contributed by atoms with E-state index in [1.807, 2.05) is 7.05 Å². The van der Waals surface area contributed by atoms with Crippen LogP contribution in [-0.4, -0.2) is 43.3 Å². The van der Waals surface area contributed by atoms with Gasteiger partial charge in [0.05, 0.1) is 23.6 Å². The molecule has 1 aliphatic rings. The van der Waals surface area contributed by atoms with Gasteiger partial charge in [0.2, 0.25) is 0 Å². The first-order valence-electron chi connectivity index (χ1n) is 5.63. The minimum Gasteiger partial charge on any atom is -0.378 e. The van der Waals surface area contributed by atoms with Crippen molar-refractivity contribution in [2.45, 2.75) is 0 Å². The molecule has 17 heavy (non-hydrogen) atoms. The lowest BCUT2D eigenvalue weighted by atomic mass is 10.3. The van der Waals surface area contributed by atoms with Crippen LogP contribution in [0.3, 0.4) is 0 Å². The number of nitrogens with one attached hydrogen (secondary N) is 1. The molecule has 0 aliphatic carbocycles. The third-order valence-electron chi connectivity index (χ3n) is 2.92. The number of morpholine rings is 1. The van der Waals surface area contributed by atoms with Gasteiger partial charge < -0.3 is 15.0 Å². The van der Waals surface area contributed by atoms with Crippen molar-refractivity contribution in [2.24, 2.45) is 0 Å². The molecule has 1 aliphatic heterocycles. The van der Waals surface area contributed by atoms with Crippen LogP contribution in [0.2, 0.25) is 0 Å². The Morgan fingerprint density at radius 3 is 2.94 bits per heavy atom. The lowest BCUT2D eigenvalue weighted by Crippen LogP contribution is -2.36. The third kappa shape index (κ3) is 1.83. The summed E-state index contributed by atoms with van der Waals surface area (Å²) in [5, 5.41) is 5.26. The van der Waals surface area contributed by atoms with Crippen LogP contribution in [0.15, 0.2) is 11.7 Å². The highest BCUT2D eigenvalue weighted by Crippen LogP contribution is 2.34. The Labute approximate surface area is 103 Å². The van der Waals surface area contributed by atoms with E-state index in [1.165, 1.54) is 5.69 Å². The van der Waals surface area contributed by atoms with Crippen LogP contribution in [0.25, 0.3) is 10.2 Å². The van der Waals surface area contributed by atoms with Crippen LogP contribution in [0, 0.1) is 0 Å². The highest BCUT2D eigenvalue weighted by Gasteiger charge is 2.17. The molecule has 0 amide bonds. The quantitative estimate of drug-likeness (QED) is 0.876. The topological polar surface area (TPSA) is 50.3 Å². The summed E-state index contributed by atoms with van der Waals surface area (Å²) in [6, 6.07) is 0. The molecule has 0 unspecified atom stereocenters. The first kappa shape index (κ1) is 10.7. The highest BCUT2D eigenvalue weighted by molar-refractivity contribution is 7.18. The summed E-state index contributed by atoms with van der Waals surface area (Å²) in [7, 11) is 1.88. The molecule has 1 N–H and O–H groups in total. The average Bonchev–Trinajstić information content (AvgIpc) is 2.83. The molecule has 2 aromatic rings. The molecule has 0 aromatic carbocycles. The molecule has 1 fully saturated rings. The fourth-order valence-electron chi connectivity index (χ4n) is 2.05. The highest BCUT2D eigenvalue weighted by atomic mass is 32.1. The van der Waals surface area contributed by atoms with E-state index in [-0.39, 0.29) is 0 Å². The molecular weight excluding hydrogens is 236 g/mol. The molecule has 0 radical (unpaired) electrons. The number of anilines is 2. The molecule has 6 heteroatoms. The SMILES string of the molecule is CNc1ncnc2c(N3CCOCC3)csc12. The number of fused-ring (bicyclic) bond motifs is 1. The fourth-order valence-corrected chi connectivity index (χ4v) is 3.07. The maximum Gasteiger partial charge on any atom is 0.147 e. The summed E-state index contributed by atoms with van der Waals surface area (Å²) in [5.74, 6) is 0.902. The Kier molecular flexibility index (Phi) is 2.82. The largest absolute Gasteiger partial charge is 0.378 e. The first-order valence-corrected chi connectivity index (χ1v) is 6.51. The summed E-state index contributed by atoms with van der Waals surface area (Å²) >= 11 is 1.69. The number of hydrogen-bond donors (Lipinski definition) is 1. The Morgan fingerprint density at radius 2 is 2.18 bits per heavy atom. The van der Waals surface area contributed by atoms with Crippen molar-refractivity contribution in [3.63, 3.8) is 0 Å². The van der Waals surface area contributed by atoms with E-state index < -0.39 is 0 Å². The van der Waals surface area contributed by atoms with Gasteiger partial charge in [0.25, 0.3) is 0 Å². The molecule has 0 saturated carbocycles. The van der Waals surface area contributed by atoms with E-state index in [0.717, 1.165) is 42.3 Å². The predicted octanol–water partition coefficient (Wildman–Crippen LogP) is 1.57. The molecule has 0 bridgehead atoms. The molecule has 2 aromatic heterocycles. The Morgan fingerprint density at radius 1 is 1.35 bits per heavy atom. The zero-order valence-corrected chi connectivity index (χ0v) is 10.5. The van der Waals surface area contributed by atoms with Crippen LogP contribution in [0.1, 0.15) is 0 Å². The van der Waals surface area contributed by atoms with Gasteiger partial charge in [-0.2, -0.15) is 0 Å². The van der Waals surface area contributed by atoms with E-state index >= 15 is 0 Å². The van der Waals surface area contributed by atoms with Gasteiger partial charge in [0.1, 0.15) is 17.7 Å². The van der Waals surface area contributed by atoms with Crippen molar-refractivity contribution in [3.05, 3.63) is 11.7 Å². The number of hydrogen-bond acceptors (Lipinski definition) is 6. The molecule has 3 heterocycles. The average molecular weight is 250 g/mol. The molecule has 90 valence electrons. The maximum absolute atomic E-state index is 5.37. The summed E-state index contributed by atoms with van der Waals surface area (Å²) < 4.78 is 6.49. The van der Waals surface area contributed by atoms with Crippen molar-refractivity contribution in [3.8, 4) is 0 Å². The fraction of sp³-hybridized carbons (Fsp3) is 0.455. The molecule has 5 nitrogen and oxygen atoms in total. The second-order valence-corrected chi connectivity index (χ2v) is 4.75. The molecule has 0 atom stereocenters. The van der Waals surface area contributed by atoms with Crippen LogP contribution in [-0.2, 0) is 4.74 Å². The Balaban J connectivity index is 2.05. The van der Waals surface area contributed by atoms with E-state index in [4.69, 9.17) is 4.74 Å². The Bertz CT molecular complexity index is 521. The van der Waals surface area contributed by atoms with Gasteiger partial charge >= 0.3 is 0 Å². The second kappa shape index (κ2) is 4.46. The van der Waals surface area contributed by atoms with Crippen LogP contribution < -0.4 is 10.2 Å². The van der Waals surface area contributed by atoms with Gasteiger partial charge in [-0.1, -0.05) is 0 Å². The van der Waals surface area contributed by atoms with Crippen molar-refractivity contribution in [1.82, 2.24) is 9.97 Å². The minimum atomic E-state index is 0.793. The normalized spacial score (nSPS) is 16.4. The lowest BCUT2D eigenvalue weighted by molar-refractivity contribution is 0.123. The van der Waals surface area contributed by atoms with Crippen LogP contribution >= 0.6 is 11.3 Å². The monoisotopic (exact) mass is 250 g/mol. The predicted molar refractivity (Wildman–Crippen MR) is 70.0 cm³/mol. The smallest absolute Gasteiger partial charge is 0.147 e. The molecular formula is C11H14N4OS. The number of aromatic nitrogens is 2. The first-order chi connectivity index (χ1) is 8.40. The summed E-state index contributed by atoms with van der Waals surface area (Å²) in [6.07, 6.45) is 1.62. The Hall–Kier alpha value is -1.40. The number of thiophene rings is 1. The van der Waals surface area contributed by atoms with E-state index in [2.05, 4.69) is 25.6 Å². The number of nitrogens with zero attached hydrogens (tertiary/aromatic N) is 3. The van der Waals surface area contributed by atoms with E-state index in [0.29, 0.717) is 0 Å². The molecule has 0 spiro atoms. The zero-order chi connectivity index (χ0) is 11.7. The summed E-state index contributed by atoms with van der Waals surface area (Å²) in [5.41, 5.74) is 2.24. The van der Waals surface area contributed by atoms with Gasteiger partial charge in [0.15, 0.2) is 0 Å². The summed E-state index contributed by atoms with van der Waals surface area (Å²) in [6.45, 7) is 3.46. The number of ether oxygens (including phenoxy) is 1. The summed E-state index contributed by atoms with van der Waals surface area (Å²) in [4.78, 5) is 11.0. The minimum absolute atomic E-state index is 0.793. The van der Waals surface area contributed by atoms with Crippen molar-refractivity contribution in [2.75, 3.05) is 43.6 Å². The van der Waals surface area contributed by atoms with Crippen molar-refractivity contribution >= 4 is 33.1 Å². The maximum atomic E-state index is 5.37. The van der Waals surface area contributed by atoms with Gasteiger partial charge in [-0.05, 0) is 0 Å². The van der Waals surface area contributed by atoms with Gasteiger partial charge in [-0.3, -0.25) is 0 Å². The number of rotatable bonds is 2. The second-order valence-electron chi connectivity index (χ2n) is 3.87. The molecule has 1 saturated heterocycles. The van der Waals surface area contributed by atoms with Crippen LogP contribution in [0.5, 0.6) is 0 Å². The standard InChI is InChI=1S/C11H14N4OS/c1-12-11-10-9(13-7-14-11)8(6-17-10)15-2-4-16-5-3-15/h6-7H,2-5H2,1H3,(H,12,13,14). The van der Waals surface area contributed by atoms with Gasteiger partial charge in [0, 0.05) is 25.5 Å². The van der Waals surface area contributed by atoms with Gasteiger partial charge in [-0.15, -0.1) is 11.3 Å². The zero-order valence-electron chi connectivity index (χ0n) is 9.64. The van der Waals surface area contributed by atoms with Crippen molar-refractivity contribution < 1.29 is 4.74 Å². The van der Waals surface area contributed by atoms with Crippen LogP contribution in [0.4, 0.5) is 11.5 Å². The molecule has 3 rings (SSSR count). The van der Waals surface area contributed by atoms with Crippen molar-refractivity contribution in [1.29, 1.82) is 0 Å². The van der Waals surface area contributed by atoms with E-state index in [1.54, 1.807) is 17.7 Å². The lowest BCUT2D eigenvalue weighted by Gasteiger charge is -2.27. The van der Waals surface area contributed by atoms with Gasteiger partial charge in [-0.25, -0.2) is 9.97 Å².